The van der Waals surface area contributed by atoms with E-state index in [1.807, 2.05) is 18.3 Å². The molecule has 1 aromatic carbocycles. The van der Waals surface area contributed by atoms with Crippen molar-refractivity contribution >= 4 is 5.69 Å². The van der Waals surface area contributed by atoms with Gasteiger partial charge in [0.25, 0.3) is 0 Å². The molecule has 2 aromatic rings. The molecule has 0 spiro atoms. The summed E-state index contributed by atoms with van der Waals surface area (Å²) in [6, 6.07) is 13.0. The molecule has 0 aliphatic carbocycles. The van der Waals surface area contributed by atoms with Crippen LogP contribution in [0.25, 0.3) is 0 Å². The van der Waals surface area contributed by atoms with E-state index < -0.39 is 0 Å². The molecule has 6 heteroatoms. The highest BCUT2D eigenvalue weighted by Crippen LogP contribution is 2.36. The van der Waals surface area contributed by atoms with E-state index in [1.54, 1.807) is 0 Å². The molecule has 0 radical (unpaired) electrons. The summed E-state index contributed by atoms with van der Waals surface area (Å²) in [5.74, 6) is 1.71. The molecule has 1 unspecified atom stereocenters. The molecule has 1 aromatic heterocycles. The number of anilines is 1. The maximum absolute atomic E-state index is 5.95. The van der Waals surface area contributed by atoms with Crippen LogP contribution in [0.1, 0.15) is 31.4 Å². The van der Waals surface area contributed by atoms with Crippen LogP contribution in [0.2, 0.25) is 0 Å². The third kappa shape index (κ3) is 4.33. The average Bonchev–Trinajstić information content (AvgIpc) is 3.45. The van der Waals surface area contributed by atoms with Crippen molar-refractivity contribution in [2.24, 2.45) is 0 Å². The van der Waals surface area contributed by atoms with Gasteiger partial charge in [-0.05, 0) is 49.9 Å². The Morgan fingerprint density at radius 1 is 1.03 bits per heavy atom. The Balaban J connectivity index is 1.24. The molecule has 3 aliphatic heterocycles. The largest absolute Gasteiger partial charge is 0.454 e. The number of benzene rings is 1. The van der Waals surface area contributed by atoms with Crippen molar-refractivity contribution in [3.05, 3.63) is 48.3 Å². The fourth-order valence-electron chi connectivity index (χ4n) is 4.66. The third-order valence-electron chi connectivity index (χ3n) is 6.26. The molecule has 4 heterocycles. The SMILES string of the molecule is c1ccc(CN(CC2CCCO2)C2CCN(c3ccc4c(c3)OCO4)CC2)nc1. The maximum atomic E-state index is 5.95. The van der Waals surface area contributed by atoms with Crippen molar-refractivity contribution in [3.63, 3.8) is 0 Å². The number of hydrogen-bond acceptors (Lipinski definition) is 6. The lowest BCUT2D eigenvalue weighted by atomic mass is 10.0. The van der Waals surface area contributed by atoms with Crippen molar-refractivity contribution in [1.82, 2.24) is 9.88 Å². The van der Waals surface area contributed by atoms with E-state index in [-0.39, 0.29) is 0 Å². The summed E-state index contributed by atoms with van der Waals surface area (Å²) in [4.78, 5) is 9.63. The zero-order valence-electron chi connectivity index (χ0n) is 16.8. The molecule has 2 saturated heterocycles. The van der Waals surface area contributed by atoms with Crippen LogP contribution in [-0.4, -0.2) is 55.1 Å². The predicted octanol–water partition coefficient (Wildman–Crippen LogP) is 3.46. The van der Waals surface area contributed by atoms with Crippen LogP contribution >= 0.6 is 0 Å². The Hall–Kier alpha value is -2.31. The zero-order valence-corrected chi connectivity index (χ0v) is 16.8. The molecule has 29 heavy (non-hydrogen) atoms. The molecule has 5 rings (SSSR count). The van der Waals surface area contributed by atoms with Crippen LogP contribution in [0.15, 0.2) is 42.6 Å². The summed E-state index contributed by atoms with van der Waals surface area (Å²) in [6.45, 7) is 5.24. The number of pyridine rings is 1. The molecule has 0 saturated carbocycles. The summed E-state index contributed by atoms with van der Waals surface area (Å²) in [6.07, 6.45) is 6.91. The van der Waals surface area contributed by atoms with Gasteiger partial charge in [-0.25, -0.2) is 0 Å². The first-order valence-electron chi connectivity index (χ1n) is 10.8. The van der Waals surface area contributed by atoms with Crippen LogP contribution in [0.4, 0.5) is 5.69 Å². The van der Waals surface area contributed by atoms with Gasteiger partial charge in [-0.2, -0.15) is 0 Å². The molecule has 3 aliphatic rings. The number of nitrogens with zero attached hydrogens (tertiary/aromatic N) is 3. The van der Waals surface area contributed by atoms with E-state index in [4.69, 9.17) is 14.2 Å². The lowest BCUT2D eigenvalue weighted by Gasteiger charge is -2.40. The Labute approximate surface area is 172 Å². The van der Waals surface area contributed by atoms with Gasteiger partial charge < -0.3 is 19.1 Å². The Morgan fingerprint density at radius 2 is 1.93 bits per heavy atom. The highest BCUT2D eigenvalue weighted by molar-refractivity contribution is 5.57. The molecule has 0 N–H and O–H groups in total. The number of aromatic nitrogens is 1. The minimum Gasteiger partial charge on any atom is -0.454 e. The van der Waals surface area contributed by atoms with Gasteiger partial charge in [0.1, 0.15) is 0 Å². The topological polar surface area (TPSA) is 47.1 Å². The van der Waals surface area contributed by atoms with Crippen LogP contribution in [-0.2, 0) is 11.3 Å². The van der Waals surface area contributed by atoms with E-state index >= 15 is 0 Å². The van der Waals surface area contributed by atoms with Crippen LogP contribution in [0.3, 0.4) is 0 Å². The van der Waals surface area contributed by atoms with Crippen LogP contribution < -0.4 is 14.4 Å². The zero-order chi connectivity index (χ0) is 19.5. The average molecular weight is 396 g/mol. The monoisotopic (exact) mass is 395 g/mol. The van der Waals surface area contributed by atoms with E-state index in [0.717, 1.165) is 62.8 Å². The highest BCUT2D eigenvalue weighted by Gasteiger charge is 2.29. The summed E-state index contributed by atoms with van der Waals surface area (Å²) in [5.41, 5.74) is 2.37. The van der Waals surface area contributed by atoms with Crippen LogP contribution in [0, 0.1) is 0 Å². The second-order valence-corrected chi connectivity index (χ2v) is 8.14. The molecule has 0 amide bonds. The molecule has 0 bridgehead atoms. The van der Waals surface area contributed by atoms with E-state index in [0.29, 0.717) is 18.9 Å². The smallest absolute Gasteiger partial charge is 0.231 e. The molecule has 154 valence electrons. The number of hydrogen-bond donors (Lipinski definition) is 0. The summed E-state index contributed by atoms with van der Waals surface area (Å²) in [7, 11) is 0. The number of rotatable bonds is 6. The summed E-state index contributed by atoms with van der Waals surface area (Å²) >= 11 is 0. The van der Waals surface area contributed by atoms with Crippen molar-refractivity contribution in [3.8, 4) is 11.5 Å². The second-order valence-electron chi connectivity index (χ2n) is 8.14. The van der Waals surface area contributed by atoms with E-state index in [1.165, 1.54) is 18.5 Å². The van der Waals surface area contributed by atoms with Crippen molar-refractivity contribution < 1.29 is 14.2 Å². The first kappa shape index (κ1) is 18.7. The third-order valence-corrected chi connectivity index (χ3v) is 6.26. The Bertz CT molecular complexity index is 802. The summed E-state index contributed by atoms with van der Waals surface area (Å²) < 4.78 is 16.9. The van der Waals surface area contributed by atoms with Gasteiger partial charge in [0, 0.05) is 56.8 Å². The lowest BCUT2D eigenvalue weighted by Crippen LogP contribution is -2.47. The molecular formula is C23H29N3O3. The molecular weight excluding hydrogens is 366 g/mol. The van der Waals surface area contributed by atoms with Gasteiger partial charge in [-0.1, -0.05) is 6.07 Å². The van der Waals surface area contributed by atoms with Crippen molar-refractivity contribution in [2.75, 3.05) is 37.9 Å². The fraction of sp³-hybridized carbons (Fsp3) is 0.522. The van der Waals surface area contributed by atoms with Gasteiger partial charge in [0.15, 0.2) is 11.5 Å². The first-order valence-corrected chi connectivity index (χ1v) is 10.8. The molecule has 1 atom stereocenters. The Morgan fingerprint density at radius 3 is 2.72 bits per heavy atom. The van der Waals surface area contributed by atoms with Crippen molar-refractivity contribution in [1.29, 1.82) is 0 Å². The quantitative estimate of drug-likeness (QED) is 0.747. The van der Waals surface area contributed by atoms with Gasteiger partial charge in [-0.3, -0.25) is 9.88 Å². The van der Waals surface area contributed by atoms with E-state index in [2.05, 4.69) is 39.0 Å². The standard InChI is InChI=1S/C23H29N3O3/c1-2-10-24-18(4-1)15-26(16-21-5-3-13-27-21)19-8-11-25(12-9-19)20-6-7-22-23(14-20)29-17-28-22/h1-2,4,6-7,10,14,19,21H,3,5,8-9,11-13,15-17H2. The minimum atomic E-state index is 0.326. The van der Waals surface area contributed by atoms with Gasteiger partial charge >= 0.3 is 0 Å². The summed E-state index contributed by atoms with van der Waals surface area (Å²) in [5, 5.41) is 0. The Kier molecular flexibility index (Phi) is 5.54. The van der Waals surface area contributed by atoms with Gasteiger partial charge in [0.2, 0.25) is 6.79 Å². The predicted molar refractivity (Wildman–Crippen MR) is 111 cm³/mol. The maximum Gasteiger partial charge on any atom is 0.231 e. The molecule has 2 fully saturated rings. The number of fused-ring (bicyclic) bond motifs is 1. The first-order chi connectivity index (χ1) is 14.3. The van der Waals surface area contributed by atoms with Crippen molar-refractivity contribution in [2.45, 2.75) is 44.4 Å². The fourth-order valence-corrected chi connectivity index (χ4v) is 4.66. The minimum absolute atomic E-state index is 0.326. The highest BCUT2D eigenvalue weighted by atomic mass is 16.7. The van der Waals surface area contributed by atoms with Crippen LogP contribution in [0.5, 0.6) is 11.5 Å². The normalized spacial score (nSPS) is 21.8. The van der Waals surface area contributed by atoms with Gasteiger partial charge in [0.05, 0.1) is 11.8 Å². The molecule has 6 nitrogen and oxygen atoms in total. The van der Waals surface area contributed by atoms with E-state index in [9.17, 15) is 0 Å². The number of ether oxygens (including phenoxy) is 3. The van der Waals surface area contributed by atoms with Gasteiger partial charge in [-0.15, -0.1) is 0 Å². The lowest BCUT2D eigenvalue weighted by molar-refractivity contribution is 0.0471. The number of piperidine rings is 1. The second kappa shape index (κ2) is 8.59.